The highest BCUT2D eigenvalue weighted by Crippen LogP contribution is 2.56. The molecule has 1 amide bonds. The van der Waals surface area contributed by atoms with Crippen molar-refractivity contribution >= 4 is 12.1 Å². The Morgan fingerprint density at radius 1 is 0.919 bits per heavy atom. The second-order valence-corrected chi connectivity index (χ2v) is 11.3. The van der Waals surface area contributed by atoms with Gasteiger partial charge in [0, 0.05) is 18.0 Å². The first-order valence-corrected chi connectivity index (χ1v) is 14.0. The van der Waals surface area contributed by atoms with E-state index in [9.17, 15) is 9.59 Å². The quantitative estimate of drug-likeness (QED) is 0.349. The van der Waals surface area contributed by atoms with Gasteiger partial charge in [0.25, 0.3) is 0 Å². The molecule has 1 saturated heterocycles. The van der Waals surface area contributed by atoms with Crippen molar-refractivity contribution in [3.8, 4) is 5.75 Å². The lowest BCUT2D eigenvalue weighted by Gasteiger charge is -2.58. The van der Waals surface area contributed by atoms with E-state index >= 15 is 0 Å². The second-order valence-electron chi connectivity index (χ2n) is 11.3. The highest BCUT2D eigenvalue weighted by atomic mass is 16.7. The Labute approximate surface area is 219 Å². The summed E-state index contributed by atoms with van der Waals surface area (Å²) in [6.07, 6.45) is 10.4. The van der Waals surface area contributed by atoms with Gasteiger partial charge in [-0.3, -0.25) is 4.79 Å². The largest absolute Gasteiger partial charge is 0.457 e. The van der Waals surface area contributed by atoms with Crippen LogP contribution in [0.1, 0.15) is 74.5 Å². The van der Waals surface area contributed by atoms with Crippen LogP contribution in [-0.4, -0.2) is 36.3 Å². The molecule has 3 aliphatic carbocycles. The molecule has 196 valence electrons. The number of esters is 1. The number of carbonyl (C=O) groups is 2. The van der Waals surface area contributed by atoms with Crippen molar-refractivity contribution < 1.29 is 23.8 Å². The van der Waals surface area contributed by atoms with Crippen LogP contribution in [0.2, 0.25) is 0 Å². The maximum Gasteiger partial charge on any atom is 0.410 e. The maximum absolute atomic E-state index is 13.2. The number of hydrogen-bond donors (Lipinski definition) is 0. The molecule has 37 heavy (non-hydrogen) atoms. The monoisotopic (exact) mass is 503 g/mol. The summed E-state index contributed by atoms with van der Waals surface area (Å²) in [5.41, 5.74) is 3.77. The minimum atomic E-state index is -0.194. The van der Waals surface area contributed by atoms with E-state index < -0.39 is 0 Å². The van der Waals surface area contributed by atoms with E-state index in [4.69, 9.17) is 14.2 Å². The summed E-state index contributed by atoms with van der Waals surface area (Å²) in [6.45, 7) is 0.994. The highest BCUT2D eigenvalue weighted by Gasteiger charge is 2.55. The van der Waals surface area contributed by atoms with Gasteiger partial charge in [-0.15, -0.1) is 0 Å². The lowest BCUT2D eigenvalue weighted by atomic mass is 9.52. The summed E-state index contributed by atoms with van der Waals surface area (Å²) in [4.78, 5) is 27.5. The molecule has 2 saturated carbocycles. The van der Waals surface area contributed by atoms with Crippen LogP contribution in [0.3, 0.4) is 0 Å². The fourth-order valence-electron chi connectivity index (χ4n) is 7.54. The SMILES string of the molecule is O=C(OCOc1ccc2c(c1)[C@@]13CCCC[C@@H]1[C@H](C2)N(C(=O)OCc1ccccc1)CC3)C1CCCC1. The molecule has 6 heteroatoms. The normalized spacial score (nSPS) is 26.6. The fraction of sp³-hybridized carbons (Fsp3) is 0.548. The maximum atomic E-state index is 13.2. The third-order valence-corrected chi connectivity index (χ3v) is 9.36. The molecule has 6 nitrogen and oxygen atoms in total. The first-order valence-electron chi connectivity index (χ1n) is 14.0. The summed E-state index contributed by atoms with van der Waals surface area (Å²) in [5.74, 6) is 1.10. The van der Waals surface area contributed by atoms with Crippen LogP contribution in [-0.2, 0) is 32.7 Å². The zero-order valence-corrected chi connectivity index (χ0v) is 21.5. The standard InChI is InChI=1S/C31H37NO5/c33-29(23-10-4-5-11-23)37-21-36-25-14-13-24-18-28-26-12-6-7-15-31(26,27(24)19-25)16-17-32(28)30(34)35-20-22-8-2-1-3-9-22/h1-3,8-9,13-14,19,23,26,28H,4-7,10-12,15-18,20-21H2/t26-,28+,31-/m1/s1. The number of rotatable bonds is 6. The van der Waals surface area contributed by atoms with Crippen LogP contribution >= 0.6 is 0 Å². The zero-order chi connectivity index (χ0) is 25.2. The van der Waals surface area contributed by atoms with Crippen molar-refractivity contribution in [3.05, 3.63) is 65.2 Å². The van der Waals surface area contributed by atoms with E-state index in [-0.39, 0.29) is 36.2 Å². The summed E-state index contributed by atoms with van der Waals surface area (Å²) in [7, 11) is 0. The molecule has 0 aromatic heterocycles. The van der Waals surface area contributed by atoms with Crippen LogP contribution in [0.15, 0.2) is 48.5 Å². The summed E-state index contributed by atoms with van der Waals surface area (Å²) in [6, 6.07) is 16.4. The van der Waals surface area contributed by atoms with Crippen molar-refractivity contribution in [2.45, 2.75) is 82.3 Å². The molecule has 4 aliphatic rings. The van der Waals surface area contributed by atoms with Gasteiger partial charge < -0.3 is 19.1 Å². The first-order chi connectivity index (χ1) is 18.1. The van der Waals surface area contributed by atoms with Gasteiger partial charge in [-0.25, -0.2) is 4.79 Å². The Hall–Kier alpha value is -3.02. The Morgan fingerprint density at radius 2 is 1.73 bits per heavy atom. The molecule has 3 fully saturated rings. The lowest BCUT2D eigenvalue weighted by Crippen LogP contribution is -2.62. The Balaban J connectivity index is 1.16. The molecule has 2 bridgehead atoms. The van der Waals surface area contributed by atoms with E-state index in [0.29, 0.717) is 12.5 Å². The van der Waals surface area contributed by atoms with Gasteiger partial charge in [-0.05, 0) is 73.3 Å². The molecule has 0 unspecified atom stereocenters. The lowest BCUT2D eigenvalue weighted by molar-refractivity contribution is -0.155. The molecule has 3 atom stereocenters. The number of likely N-dealkylation sites (tertiary alicyclic amines) is 1. The predicted molar refractivity (Wildman–Crippen MR) is 139 cm³/mol. The van der Waals surface area contributed by atoms with Crippen molar-refractivity contribution in [1.29, 1.82) is 0 Å². The van der Waals surface area contributed by atoms with Crippen molar-refractivity contribution in [2.24, 2.45) is 11.8 Å². The molecular formula is C31H37NO5. The minimum Gasteiger partial charge on any atom is -0.457 e. The number of carbonyl (C=O) groups excluding carboxylic acids is 2. The van der Waals surface area contributed by atoms with Crippen LogP contribution in [0.25, 0.3) is 0 Å². The molecule has 1 aliphatic heterocycles. The molecule has 1 heterocycles. The fourth-order valence-corrected chi connectivity index (χ4v) is 7.54. The molecular weight excluding hydrogens is 466 g/mol. The number of piperidine rings is 1. The molecule has 2 aromatic rings. The summed E-state index contributed by atoms with van der Waals surface area (Å²) >= 11 is 0. The zero-order valence-electron chi connectivity index (χ0n) is 21.5. The van der Waals surface area contributed by atoms with Gasteiger partial charge >= 0.3 is 12.1 Å². The molecule has 0 radical (unpaired) electrons. The summed E-state index contributed by atoms with van der Waals surface area (Å²) < 4.78 is 17.1. The van der Waals surface area contributed by atoms with E-state index in [0.717, 1.165) is 69.2 Å². The smallest absolute Gasteiger partial charge is 0.410 e. The average molecular weight is 504 g/mol. The van der Waals surface area contributed by atoms with Crippen molar-refractivity contribution in [1.82, 2.24) is 4.90 Å². The van der Waals surface area contributed by atoms with Crippen LogP contribution < -0.4 is 4.74 Å². The van der Waals surface area contributed by atoms with Crippen LogP contribution in [0.4, 0.5) is 4.79 Å². The van der Waals surface area contributed by atoms with Gasteiger partial charge in [-0.1, -0.05) is 62.1 Å². The average Bonchev–Trinajstić information content (AvgIpc) is 3.48. The predicted octanol–water partition coefficient (Wildman–Crippen LogP) is 6.15. The van der Waals surface area contributed by atoms with Crippen molar-refractivity contribution in [3.63, 3.8) is 0 Å². The van der Waals surface area contributed by atoms with E-state index in [1.54, 1.807) is 0 Å². The topological polar surface area (TPSA) is 65.1 Å². The third-order valence-electron chi connectivity index (χ3n) is 9.36. The van der Waals surface area contributed by atoms with E-state index in [1.807, 2.05) is 41.3 Å². The molecule has 2 aromatic carbocycles. The van der Waals surface area contributed by atoms with Crippen LogP contribution in [0.5, 0.6) is 5.75 Å². The van der Waals surface area contributed by atoms with Gasteiger partial charge in [0.2, 0.25) is 6.79 Å². The minimum absolute atomic E-state index is 0.0335. The van der Waals surface area contributed by atoms with Gasteiger partial charge in [-0.2, -0.15) is 0 Å². The Morgan fingerprint density at radius 3 is 2.57 bits per heavy atom. The van der Waals surface area contributed by atoms with Crippen molar-refractivity contribution in [2.75, 3.05) is 13.3 Å². The van der Waals surface area contributed by atoms with Crippen LogP contribution in [0, 0.1) is 11.8 Å². The second kappa shape index (κ2) is 10.4. The van der Waals surface area contributed by atoms with E-state index in [1.165, 1.54) is 24.0 Å². The van der Waals surface area contributed by atoms with Gasteiger partial charge in [0.1, 0.15) is 12.4 Å². The highest BCUT2D eigenvalue weighted by molar-refractivity contribution is 5.72. The Kier molecular flexibility index (Phi) is 6.83. The number of ether oxygens (including phenoxy) is 3. The molecule has 0 N–H and O–H groups in total. The number of hydrogen-bond acceptors (Lipinski definition) is 5. The number of fused-ring (bicyclic) bond motifs is 1. The molecule has 6 rings (SSSR count). The Bertz CT molecular complexity index is 1130. The van der Waals surface area contributed by atoms with Gasteiger partial charge in [0.05, 0.1) is 5.92 Å². The summed E-state index contributed by atoms with van der Waals surface area (Å²) in [5, 5.41) is 0. The first kappa shape index (κ1) is 24.3. The van der Waals surface area contributed by atoms with E-state index in [2.05, 4.69) is 12.1 Å². The molecule has 0 spiro atoms. The third kappa shape index (κ3) is 4.71. The van der Waals surface area contributed by atoms with Gasteiger partial charge in [0.15, 0.2) is 0 Å². The number of amides is 1. The number of benzene rings is 2. The number of nitrogens with zero attached hydrogens (tertiary/aromatic N) is 1.